The normalized spacial score (nSPS) is 34.6. The van der Waals surface area contributed by atoms with E-state index in [-0.39, 0.29) is 23.8 Å². The maximum absolute atomic E-state index is 15.8. The van der Waals surface area contributed by atoms with E-state index in [2.05, 4.69) is 81.6 Å². The molecule has 6 heterocycles. The van der Waals surface area contributed by atoms with Gasteiger partial charge in [-0.05, 0) is 105 Å². The SMILES string of the molecule is CC[C@]1(NC(=O)C2CCc3ccccc3C2)C[C@H]2CN(CCc3c([nH]c4ccccc34)[C@@](C(=O)OC)(c3cc4c(cc3OC)N(C)[C@H]3[C@@](O)(C(=O)OC)[C@H](OC(C)=O)[C@]5(CC)C=CCN6CC[C@]43[C@@H]65)C2)C1. The minimum atomic E-state index is -2.32. The molecule has 1 aromatic heterocycles. The number of amides is 1. The number of piperidine rings is 1. The number of nitrogens with zero attached hydrogens (tertiary/aromatic N) is 3. The van der Waals surface area contributed by atoms with Gasteiger partial charge in [-0.15, -0.1) is 0 Å². The number of H-pyrrole nitrogens is 1. The van der Waals surface area contributed by atoms with Gasteiger partial charge in [0.1, 0.15) is 11.2 Å². The number of carbonyl (C=O) groups excluding carboxylic acids is 4. The van der Waals surface area contributed by atoms with Gasteiger partial charge in [-0.25, -0.2) is 4.79 Å². The number of aryl methyl sites for hydroxylation is 1. The molecule has 14 heteroatoms. The molecule has 2 unspecified atom stereocenters. The Morgan fingerprint density at radius 2 is 1.65 bits per heavy atom. The van der Waals surface area contributed by atoms with Crippen LogP contribution >= 0.6 is 0 Å². The molecule has 5 aliphatic heterocycles. The van der Waals surface area contributed by atoms with Crippen molar-refractivity contribution < 1.29 is 43.2 Å². The monoisotopic (exact) mass is 968 g/mol. The van der Waals surface area contributed by atoms with Crippen LogP contribution in [0.3, 0.4) is 0 Å². The number of anilines is 1. The number of aromatic amines is 1. The van der Waals surface area contributed by atoms with Gasteiger partial charge in [-0.2, -0.15) is 0 Å². The molecule has 7 aliphatic rings. The minimum absolute atomic E-state index is 0.0900. The Bertz CT molecular complexity index is 2860. The molecule has 1 spiro atoms. The van der Waals surface area contributed by atoms with Gasteiger partial charge in [0, 0.05) is 96.9 Å². The second-order valence-corrected chi connectivity index (χ2v) is 22.0. The first-order valence-corrected chi connectivity index (χ1v) is 25.8. The van der Waals surface area contributed by atoms with Crippen LogP contribution in [-0.2, 0) is 63.5 Å². The van der Waals surface area contributed by atoms with E-state index in [0.717, 1.165) is 52.7 Å². The molecule has 11 rings (SSSR count). The highest BCUT2D eigenvalue weighted by Crippen LogP contribution is 2.68. The Hall–Kier alpha value is -5.70. The van der Waals surface area contributed by atoms with Gasteiger partial charge >= 0.3 is 17.9 Å². The second-order valence-electron chi connectivity index (χ2n) is 22.0. The summed E-state index contributed by atoms with van der Waals surface area (Å²) in [5.74, 6) is -1.60. The van der Waals surface area contributed by atoms with E-state index in [1.807, 2.05) is 37.1 Å². The number of aromatic nitrogens is 1. The number of hydrogen-bond donors (Lipinski definition) is 3. The Balaban J connectivity index is 1.11. The highest BCUT2D eigenvalue weighted by molar-refractivity contribution is 5.95. The van der Waals surface area contributed by atoms with E-state index in [0.29, 0.717) is 82.6 Å². The summed E-state index contributed by atoms with van der Waals surface area (Å²) in [5.41, 5.74) is 1.21. The summed E-state index contributed by atoms with van der Waals surface area (Å²) in [6.07, 6.45) is 8.58. The van der Waals surface area contributed by atoms with Crippen LogP contribution in [0.25, 0.3) is 10.9 Å². The van der Waals surface area contributed by atoms with Crippen LogP contribution in [0, 0.1) is 17.3 Å². The number of likely N-dealkylation sites (N-methyl/N-ethyl adjacent to an activating group) is 1. The molecule has 1 amide bonds. The molecule has 11 atom stereocenters. The first-order chi connectivity index (χ1) is 34.2. The van der Waals surface area contributed by atoms with E-state index in [4.69, 9.17) is 18.9 Å². The third-order valence-corrected chi connectivity index (χ3v) is 18.7. The van der Waals surface area contributed by atoms with Gasteiger partial charge in [-0.3, -0.25) is 19.3 Å². The standard InChI is InChI=1S/C57H69N5O9/c1-8-53(59-47(64)38-20-19-36-15-10-11-16-37(36)27-38)30-35-31-56(51(65)69-6,46-40(21-25-61(32-35)33-53)39-17-12-13-18-43(39)58-46)42-28-41-44(29-45(42)68-5)60(4)49-55(41)23-26-62-24-14-22-54(9-2,48(55)62)50(71-34(3)63)57(49,67)52(66)70-7/h10-18,22,28-29,35,38,48-50,58,67H,8-9,19-21,23-27,30-33H2,1-7H3,(H,59,64)/t35-,38?,48+,49-,50-,53+,54-,55-,56+,57+/m1/s1. The van der Waals surface area contributed by atoms with Gasteiger partial charge in [-0.1, -0.05) is 68.5 Å². The Kier molecular flexibility index (Phi) is 11.6. The lowest BCUT2D eigenvalue weighted by Gasteiger charge is -2.63. The van der Waals surface area contributed by atoms with Crippen molar-refractivity contribution >= 4 is 40.4 Å². The average molecular weight is 968 g/mol. The zero-order chi connectivity index (χ0) is 49.8. The summed E-state index contributed by atoms with van der Waals surface area (Å²) in [7, 11) is 6.22. The summed E-state index contributed by atoms with van der Waals surface area (Å²) in [4.78, 5) is 68.8. The average Bonchev–Trinajstić information content (AvgIpc) is 4.05. The van der Waals surface area contributed by atoms with E-state index in [9.17, 15) is 19.5 Å². The summed E-state index contributed by atoms with van der Waals surface area (Å²) in [6, 6.07) is 19.5. The molecule has 1 saturated carbocycles. The number of methoxy groups -OCH3 is 3. The Labute approximate surface area is 416 Å². The van der Waals surface area contributed by atoms with Crippen LogP contribution in [0.15, 0.2) is 72.8 Å². The number of aliphatic hydroxyl groups is 1. The van der Waals surface area contributed by atoms with Gasteiger partial charge in [0.15, 0.2) is 6.10 Å². The molecule has 2 saturated heterocycles. The van der Waals surface area contributed by atoms with Crippen molar-refractivity contribution in [2.24, 2.45) is 17.3 Å². The van der Waals surface area contributed by atoms with Crippen LogP contribution in [-0.4, -0.2) is 134 Å². The summed E-state index contributed by atoms with van der Waals surface area (Å²) in [6.45, 7) is 8.91. The molecule has 0 radical (unpaired) electrons. The third kappa shape index (κ3) is 6.68. The first-order valence-electron chi connectivity index (χ1n) is 25.8. The lowest BCUT2D eigenvalue weighted by atomic mass is 9.47. The van der Waals surface area contributed by atoms with Crippen molar-refractivity contribution in [2.45, 2.75) is 119 Å². The van der Waals surface area contributed by atoms with Gasteiger partial charge in [0.05, 0.1) is 32.9 Å². The number of esters is 3. The topological polar surface area (TPSA) is 163 Å². The molecule has 3 N–H and O–H groups in total. The van der Waals surface area contributed by atoms with Gasteiger partial charge < -0.3 is 44.2 Å². The fraction of sp³-hybridized carbons (Fsp3) is 0.544. The molecule has 14 nitrogen and oxygen atoms in total. The molecule has 2 aliphatic carbocycles. The van der Waals surface area contributed by atoms with Crippen molar-refractivity contribution in [1.82, 2.24) is 20.1 Å². The van der Waals surface area contributed by atoms with Crippen molar-refractivity contribution in [3.8, 4) is 5.75 Å². The van der Waals surface area contributed by atoms with E-state index < -0.39 is 57.4 Å². The molecule has 71 heavy (non-hydrogen) atoms. The zero-order valence-corrected chi connectivity index (χ0v) is 42.3. The molecule has 2 bridgehead atoms. The lowest BCUT2D eigenvalue weighted by molar-refractivity contribution is -0.228. The molecular weight excluding hydrogens is 899 g/mol. The van der Waals surface area contributed by atoms with E-state index in [1.165, 1.54) is 32.3 Å². The summed E-state index contributed by atoms with van der Waals surface area (Å²) >= 11 is 0. The number of para-hydroxylation sites is 1. The lowest BCUT2D eigenvalue weighted by Crippen LogP contribution is -2.81. The summed E-state index contributed by atoms with van der Waals surface area (Å²) in [5, 5.41) is 18.2. The van der Waals surface area contributed by atoms with Gasteiger partial charge in [0.25, 0.3) is 0 Å². The van der Waals surface area contributed by atoms with Crippen molar-refractivity contribution in [1.29, 1.82) is 0 Å². The van der Waals surface area contributed by atoms with E-state index in [1.54, 1.807) is 7.11 Å². The van der Waals surface area contributed by atoms with Crippen molar-refractivity contribution in [2.75, 3.05) is 66.0 Å². The predicted octanol–water partition coefficient (Wildman–Crippen LogP) is 5.92. The maximum Gasteiger partial charge on any atom is 0.344 e. The second kappa shape index (κ2) is 17.2. The Morgan fingerprint density at radius 3 is 2.38 bits per heavy atom. The smallest absolute Gasteiger partial charge is 0.344 e. The molecular formula is C57H69N5O9. The largest absolute Gasteiger partial charge is 0.496 e. The molecule has 3 fully saturated rings. The summed E-state index contributed by atoms with van der Waals surface area (Å²) < 4.78 is 24.4. The van der Waals surface area contributed by atoms with Crippen LogP contribution in [0.1, 0.15) is 92.8 Å². The number of rotatable bonds is 9. The van der Waals surface area contributed by atoms with Crippen LogP contribution < -0.4 is 15.0 Å². The zero-order valence-electron chi connectivity index (χ0n) is 42.3. The van der Waals surface area contributed by atoms with Crippen LogP contribution in [0.2, 0.25) is 0 Å². The van der Waals surface area contributed by atoms with Crippen molar-refractivity contribution in [3.63, 3.8) is 0 Å². The molecule has 3 aromatic carbocycles. The maximum atomic E-state index is 15.8. The molecule has 376 valence electrons. The van der Waals surface area contributed by atoms with Crippen molar-refractivity contribution in [3.05, 3.63) is 106 Å². The van der Waals surface area contributed by atoms with E-state index >= 15 is 4.79 Å². The fourth-order valence-corrected chi connectivity index (χ4v) is 16.0. The number of carbonyl (C=O) groups is 4. The molecule has 4 aromatic rings. The first kappa shape index (κ1) is 47.6. The predicted molar refractivity (Wildman–Crippen MR) is 268 cm³/mol. The number of hydrogen-bond acceptors (Lipinski definition) is 12. The quantitative estimate of drug-likeness (QED) is 0.103. The number of benzene rings is 3. The number of fused-ring (bicyclic) bond motifs is 7. The Morgan fingerprint density at radius 1 is 0.887 bits per heavy atom. The highest BCUT2D eigenvalue weighted by atomic mass is 16.6. The van der Waals surface area contributed by atoms with Crippen LogP contribution in [0.5, 0.6) is 5.75 Å². The third-order valence-electron chi connectivity index (χ3n) is 18.7. The highest BCUT2D eigenvalue weighted by Gasteiger charge is 2.80. The number of ether oxygens (including phenoxy) is 4. The van der Waals surface area contributed by atoms with Gasteiger partial charge in [0.2, 0.25) is 11.5 Å². The van der Waals surface area contributed by atoms with Crippen LogP contribution in [0.4, 0.5) is 5.69 Å². The fourth-order valence-electron chi connectivity index (χ4n) is 16.0. The minimum Gasteiger partial charge on any atom is -0.496 e. The number of nitrogens with one attached hydrogen (secondary N) is 2.